The maximum Gasteiger partial charge on any atom is 0.416 e. The monoisotopic (exact) mass is 334 g/mol. The Morgan fingerprint density at radius 3 is 2.42 bits per heavy atom. The average molecular weight is 334 g/mol. The van der Waals surface area contributed by atoms with Crippen molar-refractivity contribution in [1.29, 1.82) is 0 Å². The smallest absolute Gasteiger partial charge is 0.416 e. The summed E-state index contributed by atoms with van der Waals surface area (Å²) in [5.74, 6) is 0.239. The largest absolute Gasteiger partial charge is 0.466 e. The predicted molar refractivity (Wildman–Crippen MR) is 82.8 cm³/mol. The van der Waals surface area contributed by atoms with Crippen molar-refractivity contribution >= 4 is 5.69 Å². The Labute approximate surface area is 135 Å². The third-order valence-electron chi connectivity index (χ3n) is 3.36. The first-order chi connectivity index (χ1) is 11.4. The number of nitrogen functional groups attached to an aromatic ring is 1. The van der Waals surface area contributed by atoms with Crippen molar-refractivity contribution in [2.45, 2.75) is 6.18 Å². The Bertz CT molecular complexity index is 857. The summed E-state index contributed by atoms with van der Waals surface area (Å²) >= 11 is 0. The number of methoxy groups -OCH3 is 1. The standard InChI is InChI=1S/C16H13F3N4O/c1-24-15-21-14(10-3-2-4-11(9-10)16(17,18)19)23(22-15)13-7-5-12(20)6-8-13/h2-9H,20H2,1H3. The number of nitrogens with zero attached hydrogens (tertiary/aromatic N) is 3. The molecule has 0 radical (unpaired) electrons. The van der Waals surface area contributed by atoms with Gasteiger partial charge in [0.25, 0.3) is 0 Å². The van der Waals surface area contributed by atoms with Crippen molar-refractivity contribution in [3.05, 3.63) is 54.1 Å². The van der Waals surface area contributed by atoms with Crippen LogP contribution in [0.2, 0.25) is 0 Å². The van der Waals surface area contributed by atoms with E-state index in [0.717, 1.165) is 12.1 Å². The Morgan fingerprint density at radius 2 is 1.79 bits per heavy atom. The van der Waals surface area contributed by atoms with E-state index < -0.39 is 11.7 Å². The number of hydrogen-bond acceptors (Lipinski definition) is 4. The van der Waals surface area contributed by atoms with E-state index in [9.17, 15) is 13.2 Å². The number of rotatable bonds is 3. The number of anilines is 1. The molecule has 2 aromatic carbocycles. The second-order valence-corrected chi connectivity index (χ2v) is 5.00. The molecule has 8 heteroatoms. The van der Waals surface area contributed by atoms with Crippen LogP contribution in [0.4, 0.5) is 18.9 Å². The Kier molecular flexibility index (Phi) is 3.88. The number of aromatic nitrogens is 3. The van der Waals surface area contributed by atoms with Crippen LogP contribution in [0.15, 0.2) is 48.5 Å². The first-order valence-corrected chi connectivity index (χ1v) is 6.93. The van der Waals surface area contributed by atoms with Crippen LogP contribution in [-0.2, 0) is 6.18 Å². The molecule has 0 atom stereocenters. The summed E-state index contributed by atoms with van der Waals surface area (Å²) in [4.78, 5) is 4.15. The molecule has 5 nitrogen and oxygen atoms in total. The molecule has 0 saturated heterocycles. The van der Waals surface area contributed by atoms with Crippen molar-refractivity contribution in [2.24, 2.45) is 0 Å². The fourth-order valence-corrected chi connectivity index (χ4v) is 2.20. The Balaban J connectivity index is 2.14. The lowest BCUT2D eigenvalue weighted by atomic mass is 10.1. The molecule has 0 bridgehead atoms. The molecule has 124 valence electrons. The number of alkyl halides is 3. The van der Waals surface area contributed by atoms with Crippen molar-refractivity contribution < 1.29 is 17.9 Å². The molecule has 2 N–H and O–H groups in total. The van der Waals surface area contributed by atoms with Crippen LogP contribution in [0.3, 0.4) is 0 Å². The summed E-state index contributed by atoms with van der Waals surface area (Å²) in [6.07, 6.45) is -4.44. The van der Waals surface area contributed by atoms with Gasteiger partial charge in [0, 0.05) is 11.3 Å². The average Bonchev–Trinajstić information content (AvgIpc) is 2.99. The van der Waals surface area contributed by atoms with Crippen LogP contribution in [0, 0.1) is 0 Å². The van der Waals surface area contributed by atoms with E-state index >= 15 is 0 Å². The van der Waals surface area contributed by atoms with E-state index in [1.165, 1.54) is 23.9 Å². The van der Waals surface area contributed by atoms with Gasteiger partial charge in [-0.3, -0.25) is 0 Å². The lowest BCUT2D eigenvalue weighted by Crippen LogP contribution is -2.05. The first-order valence-electron chi connectivity index (χ1n) is 6.93. The maximum atomic E-state index is 12.9. The highest BCUT2D eigenvalue weighted by molar-refractivity contribution is 5.60. The zero-order chi connectivity index (χ0) is 17.3. The first kappa shape index (κ1) is 15.9. The number of benzene rings is 2. The topological polar surface area (TPSA) is 66.0 Å². The minimum atomic E-state index is -4.44. The van der Waals surface area contributed by atoms with E-state index in [4.69, 9.17) is 10.5 Å². The summed E-state index contributed by atoms with van der Waals surface area (Å²) in [6, 6.07) is 11.7. The van der Waals surface area contributed by atoms with Crippen LogP contribution in [0.1, 0.15) is 5.56 Å². The molecule has 0 fully saturated rings. The molecule has 0 amide bonds. The van der Waals surface area contributed by atoms with Crippen LogP contribution in [0.25, 0.3) is 17.1 Å². The van der Waals surface area contributed by atoms with Gasteiger partial charge in [0.15, 0.2) is 5.82 Å². The minimum absolute atomic E-state index is 0.0548. The van der Waals surface area contributed by atoms with Gasteiger partial charge >= 0.3 is 12.2 Å². The second kappa shape index (κ2) is 5.88. The molecule has 0 saturated carbocycles. The van der Waals surface area contributed by atoms with Gasteiger partial charge in [0.05, 0.1) is 18.4 Å². The van der Waals surface area contributed by atoms with Gasteiger partial charge in [-0.25, -0.2) is 4.68 Å². The van der Waals surface area contributed by atoms with E-state index in [0.29, 0.717) is 11.4 Å². The summed E-state index contributed by atoms with van der Waals surface area (Å²) < 4.78 is 45.2. The Morgan fingerprint density at radius 1 is 1.08 bits per heavy atom. The molecule has 24 heavy (non-hydrogen) atoms. The van der Waals surface area contributed by atoms with Gasteiger partial charge in [0.1, 0.15) is 0 Å². The third kappa shape index (κ3) is 3.03. The van der Waals surface area contributed by atoms with E-state index in [1.807, 2.05) is 0 Å². The highest BCUT2D eigenvalue weighted by atomic mass is 19.4. The van der Waals surface area contributed by atoms with Gasteiger partial charge < -0.3 is 10.5 Å². The number of nitrogens with two attached hydrogens (primary N) is 1. The van der Waals surface area contributed by atoms with Gasteiger partial charge in [-0.1, -0.05) is 12.1 Å². The van der Waals surface area contributed by atoms with E-state index in [-0.39, 0.29) is 17.4 Å². The predicted octanol–water partition coefficient (Wildman–Crippen LogP) is 3.54. The van der Waals surface area contributed by atoms with Crippen LogP contribution in [0.5, 0.6) is 6.01 Å². The fourth-order valence-electron chi connectivity index (χ4n) is 2.20. The highest BCUT2D eigenvalue weighted by Crippen LogP contribution is 2.32. The lowest BCUT2D eigenvalue weighted by Gasteiger charge is -2.09. The molecular formula is C16H13F3N4O. The molecule has 3 aromatic rings. The van der Waals surface area contributed by atoms with Gasteiger partial charge in [-0.05, 0) is 36.4 Å². The molecule has 0 aliphatic rings. The summed E-state index contributed by atoms with van der Waals surface area (Å²) in [6.45, 7) is 0. The number of ether oxygens (including phenoxy) is 1. The molecule has 0 aliphatic carbocycles. The van der Waals surface area contributed by atoms with Crippen molar-refractivity contribution in [3.63, 3.8) is 0 Å². The molecule has 0 aliphatic heterocycles. The minimum Gasteiger partial charge on any atom is -0.466 e. The summed E-state index contributed by atoms with van der Waals surface area (Å²) in [5.41, 5.74) is 6.34. The third-order valence-corrected chi connectivity index (χ3v) is 3.36. The van der Waals surface area contributed by atoms with E-state index in [2.05, 4.69) is 10.1 Å². The molecule has 1 aromatic heterocycles. The second-order valence-electron chi connectivity index (χ2n) is 5.00. The van der Waals surface area contributed by atoms with Crippen LogP contribution >= 0.6 is 0 Å². The Hall–Kier alpha value is -3.03. The normalized spacial score (nSPS) is 11.5. The highest BCUT2D eigenvalue weighted by Gasteiger charge is 2.31. The van der Waals surface area contributed by atoms with Crippen molar-refractivity contribution in [1.82, 2.24) is 14.8 Å². The molecule has 0 spiro atoms. The van der Waals surface area contributed by atoms with E-state index in [1.54, 1.807) is 24.3 Å². The van der Waals surface area contributed by atoms with Gasteiger partial charge in [0.2, 0.25) is 0 Å². The summed E-state index contributed by atoms with van der Waals surface area (Å²) in [7, 11) is 1.39. The maximum absolute atomic E-state index is 12.9. The van der Waals surface area contributed by atoms with Crippen molar-refractivity contribution in [2.75, 3.05) is 12.8 Å². The van der Waals surface area contributed by atoms with Crippen LogP contribution in [-0.4, -0.2) is 21.9 Å². The zero-order valence-electron chi connectivity index (χ0n) is 12.6. The van der Waals surface area contributed by atoms with Crippen LogP contribution < -0.4 is 10.5 Å². The summed E-state index contributed by atoms with van der Waals surface area (Å²) in [5, 5.41) is 4.16. The molecule has 3 rings (SSSR count). The van der Waals surface area contributed by atoms with Crippen molar-refractivity contribution in [3.8, 4) is 23.1 Å². The van der Waals surface area contributed by atoms with Gasteiger partial charge in [-0.15, -0.1) is 5.10 Å². The SMILES string of the molecule is COc1nc(-c2cccc(C(F)(F)F)c2)n(-c2ccc(N)cc2)n1. The molecular weight excluding hydrogens is 321 g/mol. The van der Waals surface area contributed by atoms with Gasteiger partial charge in [-0.2, -0.15) is 18.2 Å². The number of hydrogen-bond donors (Lipinski definition) is 1. The molecule has 1 heterocycles. The lowest BCUT2D eigenvalue weighted by molar-refractivity contribution is -0.137. The zero-order valence-corrected chi connectivity index (χ0v) is 12.6. The molecule has 0 unspecified atom stereocenters. The quantitative estimate of drug-likeness (QED) is 0.744. The number of halogens is 3. The fraction of sp³-hybridized carbons (Fsp3) is 0.125.